The SMILES string of the molecule is CCOC(=O)c1nccn1CC[C@@H]1C[C@@H]2C=C[C@H]1C2. The van der Waals surface area contributed by atoms with Crippen LogP contribution in [-0.4, -0.2) is 22.1 Å². The van der Waals surface area contributed by atoms with Crippen molar-refractivity contribution in [3.8, 4) is 0 Å². The van der Waals surface area contributed by atoms with E-state index in [4.69, 9.17) is 4.74 Å². The Hall–Kier alpha value is -1.58. The van der Waals surface area contributed by atoms with Crippen LogP contribution in [-0.2, 0) is 11.3 Å². The molecule has 0 amide bonds. The molecule has 0 unspecified atom stereocenters. The number of nitrogens with zero attached hydrogens (tertiary/aromatic N) is 2. The molecule has 2 bridgehead atoms. The molecule has 3 rings (SSSR count). The highest BCUT2D eigenvalue weighted by molar-refractivity contribution is 5.85. The molecule has 0 saturated heterocycles. The van der Waals surface area contributed by atoms with Gasteiger partial charge >= 0.3 is 5.97 Å². The van der Waals surface area contributed by atoms with Crippen LogP contribution in [0, 0.1) is 17.8 Å². The van der Waals surface area contributed by atoms with Gasteiger partial charge in [0.15, 0.2) is 0 Å². The molecule has 19 heavy (non-hydrogen) atoms. The Morgan fingerprint density at radius 1 is 1.47 bits per heavy atom. The number of hydrogen-bond acceptors (Lipinski definition) is 3. The van der Waals surface area contributed by atoms with Crippen molar-refractivity contribution >= 4 is 5.97 Å². The average molecular weight is 260 g/mol. The van der Waals surface area contributed by atoms with Gasteiger partial charge in [-0.1, -0.05) is 12.2 Å². The van der Waals surface area contributed by atoms with Gasteiger partial charge in [-0.2, -0.15) is 0 Å². The normalized spacial score (nSPS) is 27.9. The Kier molecular flexibility index (Phi) is 3.40. The molecule has 1 aromatic rings. The molecule has 2 aliphatic rings. The number of rotatable bonds is 5. The summed E-state index contributed by atoms with van der Waals surface area (Å²) in [4.78, 5) is 15.8. The molecule has 0 radical (unpaired) electrons. The van der Waals surface area contributed by atoms with Gasteiger partial charge < -0.3 is 9.30 Å². The molecule has 2 aliphatic carbocycles. The molecule has 4 heteroatoms. The van der Waals surface area contributed by atoms with E-state index in [0.717, 1.165) is 30.7 Å². The molecule has 1 fully saturated rings. The van der Waals surface area contributed by atoms with Crippen molar-refractivity contribution in [2.45, 2.75) is 32.7 Å². The highest BCUT2D eigenvalue weighted by atomic mass is 16.5. The highest BCUT2D eigenvalue weighted by Crippen LogP contribution is 2.45. The van der Waals surface area contributed by atoms with E-state index in [2.05, 4.69) is 17.1 Å². The lowest BCUT2D eigenvalue weighted by molar-refractivity contribution is 0.0505. The fourth-order valence-electron chi connectivity index (χ4n) is 3.41. The minimum absolute atomic E-state index is 0.319. The fraction of sp³-hybridized carbons (Fsp3) is 0.600. The minimum atomic E-state index is -0.319. The third-order valence-corrected chi connectivity index (χ3v) is 4.33. The van der Waals surface area contributed by atoms with E-state index < -0.39 is 0 Å². The van der Waals surface area contributed by atoms with Crippen LogP contribution in [0.15, 0.2) is 24.5 Å². The number of carbonyl (C=O) groups is 1. The van der Waals surface area contributed by atoms with E-state index in [9.17, 15) is 4.79 Å². The van der Waals surface area contributed by atoms with Crippen molar-refractivity contribution in [3.63, 3.8) is 0 Å². The second kappa shape index (κ2) is 5.19. The second-order valence-corrected chi connectivity index (χ2v) is 5.49. The molecule has 0 aliphatic heterocycles. The number of allylic oxidation sites excluding steroid dienone is 2. The van der Waals surface area contributed by atoms with Crippen LogP contribution in [0.4, 0.5) is 0 Å². The van der Waals surface area contributed by atoms with Crippen LogP contribution < -0.4 is 0 Å². The third-order valence-electron chi connectivity index (χ3n) is 4.33. The first-order valence-electron chi connectivity index (χ1n) is 7.14. The summed E-state index contributed by atoms with van der Waals surface area (Å²) in [7, 11) is 0. The van der Waals surface area contributed by atoms with Crippen molar-refractivity contribution in [2.75, 3.05) is 6.61 Å². The van der Waals surface area contributed by atoms with Gasteiger partial charge in [0.25, 0.3) is 0 Å². The minimum Gasteiger partial charge on any atom is -0.460 e. The smallest absolute Gasteiger partial charge is 0.374 e. The van der Waals surface area contributed by atoms with Gasteiger partial charge in [0.05, 0.1) is 6.61 Å². The van der Waals surface area contributed by atoms with Crippen LogP contribution in [0.3, 0.4) is 0 Å². The molecule has 3 atom stereocenters. The number of fused-ring (bicyclic) bond motifs is 2. The predicted octanol–water partition coefficient (Wildman–Crippen LogP) is 2.66. The van der Waals surface area contributed by atoms with E-state index in [0.29, 0.717) is 12.4 Å². The number of imidazole rings is 1. The third kappa shape index (κ3) is 2.44. The summed E-state index contributed by atoms with van der Waals surface area (Å²) in [5.74, 6) is 2.45. The predicted molar refractivity (Wildman–Crippen MR) is 71.6 cm³/mol. The van der Waals surface area contributed by atoms with Crippen molar-refractivity contribution in [1.29, 1.82) is 0 Å². The number of ether oxygens (including phenoxy) is 1. The molecule has 0 N–H and O–H groups in total. The summed E-state index contributed by atoms with van der Waals surface area (Å²) in [6.07, 6.45) is 12.0. The van der Waals surface area contributed by atoms with Crippen LogP contribution in [0.5, 0.6) is 0 Å². The number of hydrogen-bond donors (Lipinski definition) is 0. The van der Waals surface area contributed by atoms with E-state index >= 15 is 0 Å². The number of aryl methyl sites for hydroxylation is 1. The fourth-order valence-corrected chi connectivity index (χ4v) is 3.41. The summed E-state index contributed by atoms with van der Waals surface area (Å²) in [6, 6.07) is 0. The van der Waals surface area contributed by atoms with Gasteiger partial charge in [-0.15, -0.1) is 0 Å². The maximum atomic E-state index is 11.7. The topological polar surface area (TPSA) is 44.1 Å². The zero-order valence-corrected chi connectivity index (χ0v) is 11.3. The van der Waals surface area contributed by atoms with Crippen molar-refractivity contribution in [1.82, 2.24) is 9.55 Å². The van der Waals surface area contributed by atoms with E-state index in [1.54, 1.807) is 6.20 Å². The summed E-state index contributed by atoms with van der Waals surface area (Å²) in [5, 5.41) is 0. The first kappa shape index (κ1) is 12.5. The van der Waals surface area contributed by atoms with Crippen molar-refractivity contribution in [3.05, 3.63) is 30.4 Å². The summed E-state index contributed by atoms with van der Waals surface area (Å²) >= 11 is 0. The van der Waals surface area contributed by atoms with E-state index in [-0.39, 0.29) is 5.97 Å². The van der Waals surface area contributed by atoms with E-state index in [1.165, 1.54) is 12.8 Å². The highest BCUT2D eigenvalue weighted by Gasteiger charge is 2.35. The monoisotopic (exact) mass is 260 g/mol. The quantitative estimate of drug-likeness (QED) is 0.604. The van der Waals surface area contributed by atoms with Gasteiger partial charge in [-0.25, -0.2) is 9.78 Å². The maximum absolute atomic E-state index is 11.7. The van der Waals surface area contributed by atoms with Crippen LogP contribution in [0.25, 0.3) is 0 Å². The molecule has 4 nitrogen and oxygen atoms in total. The Labute approximate surface area is 113 Å². The number of carbonyl (C=O) groups excluding carboxylic acids is 1. The summed E-state index contributed by atoms with van der Waals surface area (Å²) in [5.41, 5.74) is 0. The molecule has 0 spiro atoms. The molecular formula is C15H20N2O2. The molecule has 1 heterocycles. The zero-order chi connectivity index (χ0) is 13.2. The van der Waals surface area contributed by atoms with Crippen molar-refractivity contribution < 1.29 is 9.53 Å². The Balaban J connectivity index is 1.60. The van der Waals surface area contributed by atoms with Gasteiger partial charge in [0.1, 0.15) is 0 Å². The van der Waals surface area contributed by atoms with Crippen molar-refractivity contribution in [2.24, 2.45) is 17.8 Å². The van der Waals surface area contributed by atoms with Gasteiger partial charge in [-0.05, 0) is 43.9 Å². The zero-order valence-electron chi connectivity index (χ0n) is 11.3. The first-order chi connectivity index (χ1) is 9.28. The Bertz CT molecular complexity index is 492. The van der Waals surface area contributed by atoms with Crippen LogP contribution >= 0.6 is 0 Å². The van der Waals surface area contributed by atoms with Gasteiger partial charge in [0, 0.05) is 18.9 Å². The molecule has 102 valence electrons. The summed E-state index contributed by atoms with van der Waals surface area (Å²) in [6.45, 7) is 3.06. The van der Waals surface area contributed by atoms with Gasteiger partial charge in [0.2, 0.25) is 5.82 Å². The van der Waals surface area contributed by atoms with Gasteiger partial charge in [-0.3, -0.25) is 0 Å². The number of esters is 1. The van der Waals surface area contributed by atoms with Crippen LogP contribution in [0.2, 0.25) is 0 Å². The average Bonchev–Trinajstić information content (AvgIpc) is 3.12. The largest absolute Gasteiger partial charge is 0.460 e. The lowest BCUT2D eigenvalue weighted by atomic mass is 9.90. The number of aromatic nitrogens is 2. The molecular weight excluding hydrogens is 240 g/mol. The Morgan fingerprint density at radius 3 is 3.05 bits per heavy atom. The lowest BCUT2D eigenvalue weighted by Crippen LogP contribution is -2.16. The second-order valence-electron chi connectivity index (χ2n) is 5.49. The standard InChI is InChI=1S/C15H20N2O2/c1-2-19-15(18)14-16-6-8-17(14)7-5-13-10-11-3-4-12(13)9-11/h3-4,6,8,11-13H,2,5,7,9-10H2,1H3/t11-,12+,13-/m1/s1. The van der Waals surface area contributed by atoms with Crippen LogP contribution in [0.1, 0.15) is 36.8 Å². The molecule has 1 aromatic heterocycles. The molecule has 1 saturated carbocycles. The Morgan fingerprint density at radius 2 is 2.37 bits per heavy atom. The lowest BCUT2D eigenvalue weighted by Gasteiger charge is -2.18. The summed E-state index contributed by atoms with van der Waals surface area (Å²) < 4.78 is 6.94. The van der Waals surface area contributed by atoms with E-state index in [1.807, 2.05) is 17.7 Å². The molecule has 0 aromatic carbocycles. The first-order valence-corrected chi connectivity index (χ1v) is 7.14. The maximum Gasteiger partial charge on any atom is 0.374 e.